The van der Waals surface area contributed by atoms with Gasteiger partial charge in [-0.2, -0.15) is 0 Å². The van der Waals surface area contributed by atoms with Gasteiger partial charge in [-0.15, -0.1) is 0 Å². The van der Waals surface area contributed by atoms with E-state index in [1.807, 2.05) is 12.1 Å². The molecule has 0 spiro atoms. The van der Waals surface area contributed by atoms with Crippen LogP contribution in [-0.4, -0.2) is 17.5 Å². The molecule has 0 amide bonds. The van der Waals surface area contributed by atoms with Crippen LogP contribution in [0.3, 0.4) is 0 Å². The minimum absolute atomic E-state index is 0.0959. The Bertz CT molecular complexity index is 425. The molecule has 0 unspecified atom stereocenters. The molecule has 0 aromatic heterocycles. The second-order valence-electron chi connectivity index (χ2n) is 5.70. The molecule has 98 valence electrons. The maximum Gasteiger partial charge on any atom is 0.132 e. The third-order valence-corrected chi connectivity index (χ3v) is 4.00. The van der Waals surface area contributed by atoms with Gasteiger partial charge in [0.2, 0.25) is 0 Å². The molecule has 3 rings (SSSR count). The van der Waals surface area contributed by atoms with Crippen molar-refractivity contribution >= 4 is 0 Å². The standard InChI is InChI=1S/C15H21FN2/c16-15-12(8-17)2-1-3-13(15)10-18(14-6-7-14)9-11-4-5-11/h1-3,11,14H,4-10,17H2. The molecular formula is C15H21FN2. The number of hydrogen-bond acceptors (Lipinski definition) is 2. The van der Waals surface area contributed by atoms with E-state index < -0.39 is 0 Å². The van der Waals surface area contributed by atoms with Crippen molar-refractivity contribution in [2.75, 3.05) is 6.54 Å². The minimum atomic E-state index is -0.0959. The van der Waals surface area contributed by atoms with Crippen molar-refractivity contribution in [3.8, 4) is 0 Å². The molecule has 2 fully saturated rings. The second kappa shape index (κ2) is 4.98. The van der Waals surface area contributed by atoms with Crippen LogP contribution in [-0.2, 0) is 13.1 Å². The lowest BCUT2D eigenvalue weighted by atomic mass is 10.1. The van der Waals surface area contributed by atoms with E-state index in [0.29, 0.717) is 11.6 Å². The molecule has 2 saturated carbocycles. The molecule has 3 heteroatoms. The van der Waals surface area contributed by atoms with Crippen LogP contribution in [0.1, 0.15) is 36.8 Å². The van der Waals surface area contributed by atoms with E-state index in [1.54, 1.807) is 6.07 Å². The molecule has 0 radical (unpaired) electrons. The van der Waals surface area contributed by atoms with Gasteiger partial charge in [0.05, 0.1) is 0 Å². The van der Waals surface area contributed by atoms with Crippen LogP contribution in [0.2, 0.25) is 0 Å². The van der Waals surface area contributed by atoms with Crippen LogP contribution in [0.15, 0.2) is 18.2 Å². The van der Waals surface area contributed by atoms with Gasteiger partial charge in [-0.1, -0.05) is 18.2 Å². The van der Waals surface area contributed by atoms with Gasteiger partial charge in [0.15, 0.2) is 0 Å². The van der Waals surface area contributed by atoms with Crippen LogP contribution < -0.4 is 5.73 Å². The quantitative estimate of drug-likeness (QED) is 0.838. The Morgan fingerprint density at radius 3 is 2.50 bits per heavy atom. The average molecular weight is 248 g/mol. The largest absolute Gasteiger partial charge is 0.326 e. The number of halogens is 1. The summed E-state index contributed by atoms with van der Waals surface area (Å²) in [6.07, 6.45) is 5.28. The first-order valence-electron chi connectivity index (χ1n) is 6.98. The summed E-state index contributed by atoms with van der Waals surface area (Å²) in [5.74, 6) is 0.771. The Balaban J connectivity index is 1.72. The highest BCUT2D eigenvalue weighted by molar-refractivity contribution is 5.26. The number of rotatable bonds is 6. The Labute approximate surface area is 108 Å². The van der Waals surface area contributed by atoms with E-state index in [1.165, 1.54) is 25.7 Å². The molecular weight excluding hydrogens is 227 g/mol. The molecule has 2 nitrogen and oxygen atoms in total. The van der Waals surface area contributed by atoms with E-state index >= 15 is 0 Å². The highest BCUT2D eigenvalue weighted by atomic mass is 19.1. The first kappa shape index (κ1) is 12.1. The predicted molar refractivity (Wildman–Crippen MR) is 70.4 cm³/mol. The van der Waals surface area contributed by atoms with E-state index in [4.69, 9.17) is 5.73 Å². The normalized spacial score (nSPS) is 19.5. The summed E-state index contributed by atoms with van der Waals surface area (Å²) in [7, 11) is 0. The predicted octanol–water partition coefficient (Wildman–Crippen LogP) is 2.66. The zero-order valence-electron chi connectivity index (χ0n) is 10.7. The van der Waals surface area contributed by atoms with E-state index in [-0.39, 0.29) is 12.4 Å². The lowest BCUT2D eigenvalue weighted by Crippen LogP contribution is -2.28. The fraction of sp³-hybridized carbons (Fsp3) is 0.600. The highest BCUT2D eigenvalue weighted by Crippen LogP contribution is 2.35. The summed E-state index contributed by atoms with van der Waals surface area (Å²) < 4.78 is 14.2. The molecule has 2 aliphatic carbocycles. The Morgan fingerprint density at radius 1 is 1.17 bits per heavy atom. The smallest absolute Gasteiger partial charge is 0.132 e. The summed E-state index contributed by atoms with van der Waals surface area (Å²) in [5.41, 5.74) is 7.00. The molecule has 18 heavy (non-hydrogen) atoms. The Hall–Kier alpha value is -0.930. The first-order valence-corrected chi connectivity index (χ1v) is 6.98. The fourth-order valence-electron chi connectivity index (χ4n) is 2.55. The van der Waals surface area contributed by atoms with Crippen molar-refractivity contribution in [2.45, 2.75) is 44.8 Å². The molecule has 0 bridgehead atoms. The summed E-state index contributed by atoms with van der Waals surface area (Å²) in [6.45, 7) is 2.18. The Kier molecular flexibility index (Phi) is 3.35. The van der Waals surface area contributed by atoms with Gasteiger partial charge in [0, 0.05) is 36.8 Å². The van der Waals surface area contributed by atoms with Crippen LogP contribution >= 0.6 is 0 Å². The van der Waals surface area contributed by atoms with Crippen molar-refractivity contribution in [1.82, 2.24) is 4.90 Å². The van der Waals surface area contributed by atoms with Gasteiger partial charge in [-0.05, 0) is 31.6 Å². The number of hydrogen-bond donors (Lipinski definition) is 1. The van der Waals surface area contributed by atoms with Crippen LogP contribution in [0, 0.1) is 11.7 Å². The van der Waals surface area contributed by atoms with Gasteiger partial charge in [0.1, 0.15) is 5.82 Å². The summed E-state index contributed by atoms with van der Waals surface area (Å²) in [5, 5.41) is 0. The maximum absolute atomic E-state index is 14.2. The van der Waals surface area contributed by atoms with Gasteiger partial charge >= 0.3 is 0 Å². The lowest BCUT2D eigenvalue weighted by Gasteiger charge is -2.22. The number of nitrogens with zero attached hydrogens (tertiary/aromatic N) is 1. The van der Waals surface area contributed by atoms with E-state index in [9.17, 15) is 4.39 Å². The summed E-state index contributed by atoms with van der Waals surface area (Å²) in [4.78, 5) is 2.47. The Morgan fingerprint density at radius 2 is 1.89 bits per heavy atom. The third kappa shape index (κ3) is 2.73. The first-order chi connectivity index (χ1) is 8.78. The molecule has 0 atom stereocenters. The van der Waals surface area contributed by atoms with Gasteiger partial charge in [-0.25, -0.2) is 4.39 Å². The van der Waals surface area contributed by atoms with Gasteiger partial charge in [0.25, 0.3) is 0 Å². The molecule has 0 aliphatic heterocycles. The summed E-state index contributed by atoms with van der Waals surface area (Å²) >= 11 is 0. The van der Waals surface area contributed by atoms with Crippen LogP contribution in [0.5, 0.6) is 0 Å². The molecule has 0 heterocycles. The van der Waals surface area contributed by atoms with Gasteiger partial charge < -0.3 is 5.73 Å². The SMILES string of the molecule is NCc1cccc(CN(CC2CC2)C2CC2)c1F. The topological polar surface area (TPSA) is 29.3 Å². The molecule has 2 N–H and O–H groups in total. The third-order valence-electron chi connectivity index (χ3n) is 4.00. The molecule has 1 aromatic rings. The monoisotopic (exact) mass is 248 g/mol. The van der Waals surface area contributed by atoms with Crippen LogP contribution in [0.25, 0.3) is 0 Å². The van der Waals surface area contributed by atoms with Crippen molar-refractivity contribution in [1.29, 1.82) is 0 Å². The average Bonchev–Trinajstić information content (AvgIpc) is 3.24. The molecule has 0 saturated heterocycles. The number of nitrogens with two attached hydrogens (primary N) is 1. The maximum atomic E-state index is 14.2. The zero-order chi connectivity index (χ0) is 12.5. The fourth-order valence-corrected chi connectivity index (χ4v) is 2.55. The van der Waals surface area contributed by atoms with Crippen molar-refractivity contribution in [2.24, 2.45) is 11.7 Å². The lowest BCUT2D eigenvalue weighted by molar-refractivity contribution is 0.240. The van der Waals surface area contributed by atoms with E-state index in [0.717, 1.165) is 24.6 Å². The highest BCUT2D eigenvalue weighted by Gasteiger charge is 2.33. The zero-order valence-corrected chi connectivity index (χ0v) is 10.7. The van der Waals surface area contributed by atoms with E-state index in [2.05, 4.69) is 4.90 Å². The summed E-state index contributed by atoms with van der Waals surface area (Å²) in [6, 6.07) is 6.30. The van der Waals surface area contributed by atoms with Crippen molar-refractivity contribution in [3.05, 3.63) is 35.1 Å². The second-order valence-corrected chi connectivity index (χ2v) is 5.70. The molecule has 1 aromatic carbocycles. The molecule has 2 aliphatic rings. The van der Waals surface area contributed by atoms with Crippen molar-refractivity contribution in [3.63, 3.8) is 0 Å². The van der Waals surface area contributed by atoms with Gasteiger partial charge in [-0.3, -0.25) is 4.90 Å². The minimum Gasteiger partial charge on any atom is -0.326 e. The van der Waals surface area contributed by atoms with Crippen LogP contribution in [0.4, 0.5) is 4.39 Å². The number of benzene rings is 1. The van der Waals surface area contributed by atoms with Crippen molar-refractivity contribution < 1.29 is 4.39 Å².